The quantitative estimate of drug-likeness (QED) is 0.738. The van der Waals surface area contributed by atoms with Crippen molar-refractivity contribution in [3.8, 4) is 0 Å². The maximum Gasteiger partial charge on any atom is 0.139 e. The van der Waals surface area contributed by atoms with Crippen LogP contribution < -0.4 is 0 Å². The molecule has 0 saturated heterocycles. The van der Waals surface area contributed by atoms with Crippen LogP contribution in [-0.4, -0.2) is 15.4 Å². The first-order valence-corrected chi connectivity index (χ1v) is 7.84. The first-order valence-electron chi connectivity index (χ1n) is 6.52. The zero-order valence-electron chi connectivity index (χ0n) is 10.7. The monoisotopic (exact) mass is 344 g/mol. The molecule has 19 heavy (non-hydrogen) atoms. The summed E-state index contributed by atoms with van der Waals surface area (Å²) in [6.07, 6.45) is 3.00. The van der Waals surface area contributed by atoms with E-state index in [-0.39, 0.29) is 5.82 Å². The lowest BCUT2D eigenvalue weighted by Gasteiger charge is -2.35. The fourth-order valence-corrected chi connectivity index (χ4v) is 3.38. The molecule has 0 unspecified atom stereocenters. The van der Waals surface area contributed by atoms with E-state index in [2.05, 4.69) is 32.4 Å². The fourth-order valence-electron chi connectivity index (χ4n) is 2.88. The first-order chi connectivity index (χ1) is 9.10. The molecule has 1 fully saturated rings. The van der Waals surface area contributed by atoms with Crippen LogP contribution in [0.15, 0.2) is 16.6 Å². The number of nitrogens with zero attached hydrogens (tertiary/aromatic N) is 2. The summed E-state index contributed by atoms with van der Waals surface area (Å²) >= 11 is 9.07. The van der Waals surface area contributed by atoms with Crippen LogP contribution in [0.4, 0.5) is 4.39 Å². The molecule has 1 saturated carbocycles. The molecule has 5 heteroatoms. The third kappa shape index (κ3) is 2.29. The highest BCUT2D eigenvalue weighted by Gasteiger charge is 2.30. The van der Waals surface area contributed by atoms with Crippen LogP contribution in [0.2, 0.25) is 0 Å². The molecule has 0 aliphatic heterocycles. The highest BCUT2D eigenvalue weighted by Crippen LogP contribution is 2.40. The molecule has 0 bridgehead atoms. The van der Waals surface area contributed by atoms with Crippen molar-refractivity contribution in [2.75, 3.05) is 5.88 Å². The summed E-state index contributed by atoms with van der Waals surface area (Å²) in [6.45, 7) is 2.24. The van der Waals surface area contributed by atoms with E-state index in [9.17, 15) is 4.39 Å². The maximum atomic E-state index is 13.8. The van der Waals surface area contributed by atoms with Gasteiger partial charge in [0.15, 0.2) is 0 Å². The van der Waals surface area contributed by atoms with Crippen molar-refractivity contribution in [2.45, 2.75) is 32.2 Å². The Morgan fingerprint density at radius 1 is 1.47 bits per heavy atom. The van der Waals surface area contributed by atoms with Gasteiger partial charge < -0.3 is 4.57 Å². The number of rotatable bonds is 3. The number of hydrogen-bond donors (Lipinski definition) is 0. The first kappa shape index (κ1) is 13.4. The molecule has 2 nitrogen and oxygen atoms in total. The van der Waals surface area contributed by atoms with Crippen LogP contribution in [0.3, 0.4) is 0 Å². The van der Waals surface area contributed by atoms with Crippen LogP contribution in [0, 0.1) is 11.7 Å². The van der Waals surface area contributed by atoms with Crippen molar-refractivity contribution < 1.29 is 4.39 Å². The predicted molar refractivity (Wildman–Crippen MR) is 79.3 cm³/mol. The fraction of sp³-hybridized carbons (Fsp3) is 0.500. The minimum absolute atomic E-state index is 0.238. The second-order valence-electron chi connectivity index (χ2n) is 5.32. The summed E-state index contributed by atoms with van der Waals surface area (Å²) in [4.78, 5) is 4.61. The molecule has 1 heterocycles. The third-order valence-corrected chi connectivity index (χ3v) is 4.63. The van der Waals surface area contributed by atoms with E-state index < -0.39 is 0 Å². The Bertz CT molecular complexity index is 619. The zero-order valence-corrected chi connectivity index (χ0v) is 13.0. The summed E-state index contributed by atoms with van der Waals surface area (Å²) in [6, 6.07) is 3.77. The molecule has 3 rings (SSSR count). The van der Waals surface area contributed by atoms with Gasteiger partial charge in [0.1, 0.15) is 11.6 Å². The molecule has 1 aliphatic rings. The van der Waals surface area contributed by atoms with E-state index in [1.54, 1.807) is 12.1 Å². The van der Waals surface area contributed by atoms with Crippen LogP contribution in [0.5, 0.6) is 0 Å². The molecule has 1 aromatic carbocycles. The lowest BCUT2D eigenvalue weighted by Crippen LogP contribution is -2.26. The Balaban J connectivity index is 2.14. The zero-order chi connectivity index (χ0) is 13.6. The van der Waals surface area contributed by atoms with E-state index in [0.29, 0.717) is 16.4 Å². The number of alkyl halides is 1. The second-order valence-corrected chi connectivity index (χ2v) is 6.55. The maximum absolute atomic E-state index is 13.8. The Labute approximate surface area is 125 Å². The summed E-state index contributed by atoms with van der Waals surface area (Å²) < 4.78 is 16.4. The number of benzene rings is 1. The molecule has 102 valence electrons. The van der Waals surface area contributed by atoms with Crippen LogP contribution in [0.25, 0.3) is 11.0 Å². The lowest BCUT2D eigenvalue weighted by molar-refractivity contribution is 0.217. The van der Waals surface area contributed by atoms with Gasteiger partial charge in [-0.15, -0.1) is 11.6 Å². The van der Waals surface area contributed by atoms with Gasteiger partial charge in [-0.3, -0.25) is 0 Å². The van der Waals surface area contributed by atoms with Crippen molar-refractivity contribution in [2.24, 2.45) is 5.92 Å². The van der Waals surface area contributed by atoms with Gasteiger partial charge in [-0.25, -0.2) is 9.37 Å². The van der Waals surface area contributed by atoms with Gasteiger partial charge in [-0.05, 0) is 40.8 Å². The number of halogens is 3. The molecule has 1 aromatic heterocycles. The van der Waals surface area contributed by atoms with E-state index in [4.69, 9.17) is 11.6 Å². The van der Waals surface area contributed by atoms with E-state index in [1.165, 1.54) is 0 Å². The molecule has 0 N–H and O–H groups in total. The van der Waals surface area contributed by atoms with E-state index >= 15 is 0 Å². The van der Waals surface area contributed by atoms with E-state index in [1.807, 2.05) is 0 Å². The van der Waals surface area contributed by atoms with Gasteiger partial charge in [0.2, 0.25) is 0 Å². The number of fused-ring (bicyclic) bond motifs is 1. The highest BCUT2D eigenvalue weighted by molar-refractivity contribution is 9.10. The Kier molecular flexibility index (Phi) is 3.56. The summed E-state index contributed by atoms with van der Waals surface area (Å²) in [5.74, 6) is 2.01. The molecule has 2 aromatic rings. The molecule has 0 radical (unpaired) electrons. The van der Waals surface area contributed by atoms with Crippen LogP contribution in [0.1, 0.15) is 31.6 Å². The molecule has 1 aliphatic carbocycles. The number of hydrogen-bond acceptors (Lipinski definition) is 1. The number of aryl methyl sites for hydroxylation is 1. The van der Waals surface area contributed by atoms with Crippen molar-refractivity contribution >= 4 is 38.6 Å². The van der Waals surface area contributed by atoms with Crippen molar-refractivity contribution in [1.29, 1.82) is 0 Å². The van der Waals surface area contributed by atoms with Crippen LogP contribution >= 0.6 is 27.5 Å². The SMILES string of the molecule is CC1CC(n2c(CCCl)nc3cc(Br)c(F)cc32)C1. The summed E-state index contributed by atoms with van der Waals surface area (Å²) in [5.41, 5.74) is 1.73. The van der Waals surface area contributed by atoms with Crippen molar-refractivity contribution in [3.05, 3.63) is 28.2 Å². The molecular weight excluding hydrogens is 331 g/mol. The van der Waals surface area contributed by atoms with Gasteiger partial charge in [0, 0.05) is 24.4 Å². The minimum atomic E-state index is -0.238. The normalized spacial score (nSPS) is 22.7. The molecular formula is C14H15BrClFN2. The topological polar surface area (TPSA) is 17.8 Å². The molecule has 0 atom stereocenters. The Morgan fingerprint density at radius 3 is 2.84 bits per heavy atom. The predicted octanol–water partition coefficient (Wildman–Crippen LogP) is 4.69. The average molecular weight is 346 g/mol. The summed E-state index contributed by atoms with van der Waals surface area (Å²) in [5, 5.41) is 0. The highest BCUT2D eigenvalue weighted by atomic mass is 79.9. The van der Waals surface area contributed by atoms with Gasteiger partial charge in [-0.1, -0.05) is 6.92 Å². The number of imidazole rings is 1. The standard InChI is InChI=1S/C14H15BrClFN2/c1-8-4-9(5-8)19-13-7-11(17)10(15)6-12(13)18-14(19)2-3-16/h6-9H,2-5H2,1H3. The van der Waals surface area contributed by atoms with Crippen LogP contribution in [-0.2, 0) is 6.42 Å². The molecule has 0 amide bonds. The minimum Gasteiger partial charge on any atom is -0.325 e. The van der Waals surface area contributed by atoms with Gasteiger partial charge in [0.25, 0.3) is 0 Å². The Morgan fingerprint density at radius 2 is 2.21 bits per heavy atom. The second kappa shape index (κ2) is 5.06. The van der Waals surface area contributed by atoms with Gasteiger partial charge in [0.05, 0.1) is 15.5 Å². The average Bonchev–Trinajstić information content (AvgIpc) is 2.64. The smallest absolute Gasteiger partial charge is 0.139 e. The third-order valence-electron chi connectivity index (χ3n) is 3.84. The van der Waals surface area contributed by atoms with Gasteiger partial charge in [-0.2, -0.15) is 0 Å². The number of aromatic nitrogens is 2. The largest absolute Gasteiger partial charge is 0.325 e. The van der Waals surface area contributed by atoms with E-state index in [0.717, 1.165) is 42.0 Å². The van der Waals surface area contributed by atoms with Crippen molar-refractivity contribution in [3.63, 3.8) is 0 Å². The Hall–Kier alpha value is -0.610. The molecule has 0 spiro atoms. The lowest BCUT2D eigenvalue weighted by atomic mass is 9.81. The summed E-state index contributed by atoms with van der Waals surface area (Å²) in [7, 11) is 0. The van der Waals surface area contributed by atoms with Crippen molar-refractivity contribution in [1.82, 2.24) is 9.55 Å². The van der Waals surface area contributed by atoms with Gasteiger partial charge >= 0.3 is 0 Å².